The summed E-state index contributed by atoms with van der Waals surface area (Å²) in [7, 11) is 0. The van der Waals surface area contributed by atoms with E-state index in [-0.39, 0.29) is 11.7 Å². The van der Waals surface area contributed by atoms with E-state index in [0.717, 1.165) is 0 Å². The van der Waals surface area contributed by atoms with E-state index in [1.54, 1.807) is 6.92 Å². The van der Waals surface area contributed by atoms with Gasteiger partial charge in [0.1, 0.15) is 11.4 Å². The minimum atomic E-state index is -1.06. The number of carbonyl (C=O) groups is 1. The van der Waals surface area contributed by atoms with E-state index in [1.165, 1.54) is 24.3 Å². The molecule has 0 saturated carbocycles. The Morgan fingerprint density at radius 1 is 1.38 bits per heavy atom. The molecule has 0 fully saturated rings. The fraction of sp³-hybridized carbons (Fsp3) is 0.417. The molecule has 3 nitrogen and oxygen atoms in total. The molecule has 0 saturated heterocycles. The molecule has 2 N–H and O–H groups in total. The third-order valence-corrected chi connectivity index (χ3v) is 2.85. The van der Waals surface area contributed by atoms with Crippen LogP contribution in [0.1, 0.15) is 20.8 Å². The highest BCUT2D eigenvalue weighted by atomic mass is 19.1. The number of anilines is 1. The van der Waals surface area contributed by atoms with Crippen LogP contribution in [0, 0.1) is 11.7 Å². The number of rotatable bonds is 4. The SMILES string of the molecule is CC(C)C(C)(Nc1ccc(F)cc1)C(=O)O. The number of benzene rings is 1. The molecule has 4 heteroatoms. The van der Waals surface area contributed by atoms with Crippen LogP contribution in [0.15, 0.2) is 24.3 Å². The zero-order valence-electron chi connectivity index (χ0n) is 9.62. The van der Waals surface area contributed by atoms with Crippen molar-refractivity contribution in [1.29, 1.82) is 0 Å². The van der Waals surface area contributed by atoms with Crippen molar-refractivity contribution in [2.24, 2.45) is 5.92 Å². The molecule has 0 spiro atoms. The standard InChI is InChI=1S/C12H16FNO2/c1-8(2)12(3,11(15)16)14-10-6-4-9(13)5-7-10/h4-8,14H,1-3H3,(H,15,16). The molecule has 0 bridgehead atoms. The monoisotopic (exact) mass is 225 g/mol. The van der Waals surface area contributed by atoms with E-state index >= 15 is 0 Å². The molecule has 0 aliphatic rings. The Morgan fingerprint density at radius 2 is 1.88 bits per heavy atom. The molecule has 0 amide bonds. The third-order valence-electron chi connectivity index (χ3n) is 2.85. The van der Waals surface area contributed by atoms with Gasteiger partial charge in [0.05, 0.1) is 0 Å². The lowest BCUT2D eigenvalue weighted by Crippen LogP contribution is -2.48. The molecule has 88 valence electrons. The van der Waals surface area contributed by atoms with Crippen molar-refractivity contribution in [3.05, 3.63) is 30.1 Å². The summed E-state index contributed by atoms with van der Waals surface area (Å²) < 4.78 is 12.7. The maximum absolute atomic E-state index is 12.7. The zero-order valence-corrected chi connectivity index (χ0v) is 9.62. The summed E-state index contributed by atoms with van der Waals surface area (Å²) >= 11 is 0. The minimum absolute atomic E-state index is 0.0879. The minimum Gasteiger partial charge on any atom is -0.480 e. The number of halogens is 1. The quantitative estimate of drug-likeness (QED) is 0.828. The lowest BCUT2D eigenvalue weighted by atomic mass is 9.88. The van der Waals surface area contributed by atoms with Crippen LogP contribution in [0.4, 0.5) is 10.1 Å². The van der Waals surface area contributed by atoms with Gasteiger partial charge in [0, 0.05) is 5.69 Å². The molecule has 16 heavy (non-hydrogen) atoms. The Kier molecular flexibility index (Phi) is 3.52. The van der Waals surface area contributed by atoms with Crippen molar-refractivity contribution in [2.45, 2.75) is 26.3 Å². The van der Waals surface area contributed by atoms with Crippen molar-refractivity contribution in [1.82, 2.24) is 0 Å². The summed E-state index contributed by atoms with van der Waals surface area (Å²) in [5.41, 5.74) is -0.460. The van der Waals surface area contributed by atoms with Gasteiger partial charge < -0.3 is 10.4 Å². The molecule has 1 aromatic carbocycles. The topological polar surface area (TPSA) is 49.3 Å². The molecule has 0 aliphatic heterocycles. The number of carboxylic acids is 1. The maximum atomic E-state index is 12.7. The van der Waals surface area contributed by atoms with Gasteiger partial charge in [-0.25, -0.2) is 9.18 Å². The van der Waals surface area contributed by atoms with Crippen LogP contribution in [0.2, 0.25) is 0 Å². The van der Waals surface area contributed by atoms with E-state index in [1.807, 2.05) is 13.8 Å². The maximum Gasteiger partial charge on any atom is 0.329 e. The van der Waals surface area contributed by atoms with Crippen molar-refractivity contribution in [3.8, 4) is 0 Å². The lowest BCUT2D eigenvalue weighted by Gasteiger charge is -2.31. The fourth-order valence-corrected chi connectivity index (χ4v) is 1.28. The first-order valence-corrected chi connectivity index (χ1v) is 5.13. The van der Waals surface area contributed by atoms with Crippen LogP contribution in [-0.4, -0.2) is 16.6 Å². The van der Waals surface area contributed by atoms with Crippen molar-refractivity contribution < 1.29 is 14.3 Å². The molecule has 0 aromatic heterocycles. The van der Waals surface area contributed by atoms with Crippen molar-refractivity contribution in [2.75, 3.05) is 5.32 Å². The van der Waals surface area contributed by atoms with Gasteiger partial charge in [-0.15, -0.1) is 0 Å². The average molecular weight is 225 g/mol. The van der Waals surface area contributed by atoms with Crippen LogP contribution in [0.25, 0.3) is 0 Å². The molecular formula is C12H16FNO2. The highest BCUT2D eigenvalue weighted by Crippen LogP contribution is 2.23. The van der Waals surface area contributed by atoms with E-state index in [0.29, 0.717) is 5.69 Å². The Bertz CT molecular complexity index is 375. The molecule has 0 aliphatic carbocycles. The number of carboxylic acid groups (broad SMARTS) is 1. The molecule has 1 rings (SSSR count). The van der Waals surface area contributed by atoms with Crippen molar-refractivity contribution in [3.63, 3.8) is 0 Å². The van der Waals surface area contributed by atoms with Crippen molar-refractivity contribution >= 4 is 11.7 Å². The van der Waals surface area contributed by atoms with E-state index in [2.05, 4.69) is 5.32 Å². The van der Waals surface area contributed by atoms with E-state index < -0.39 is 11.5 Å². The van der Waals surface area contributed by atoms with Crippen LogP contribution >= 0.6 is 0 Å². The predicted octanol–water partition coefficient (Wildman–Crippen LogP) is 2.74. The molecular weight excluding hydrogens is 209 g/mol. The lowest BCUT2D eigenvalue weighted by molar-refractivity contribution is -0.143. The van der Waals surface area contributed by atoms with Gasteiger partial charge in [-0.1, -0.05) is 13.8 Å². The van der Waals surface area contributed by atoms with Gasteiger partial charge >= 0.3 is 5.97 Å². The zero-order chi connectivity index (χ0) is 12.3. The van der Waals surface area contributed by atoms with E-state index in [9.17, 15) is 14.3 Å². The second-order valence-corrected chi connectivity index (χ2v) is 4.29. The summed E-state index contributed by atoms with van der Waals surface area (Å²) in [4.78, 5) is 11.2. The van der Waals surface area contributed by atoms with Gasteiger partial charge in [0.25, 0.3) is 0 Å². The number of hydrogen-bond acceptors (Lipinski definition) is 2. The number of nitrogens with one attached hydrogen (secondary N) is 1. The normalized spacial score (nSPS) is 14.6. The smallest absolute Gasteiger partial charge is 0.329 e. The summed E-state index contributed by atoms with van der Waals surface area (Å²) in [6.07, 6.45) is 0. The van der Waals surface area contributed by atoms with Gasteiger partial charge in [-0.3, -0.25) is 0 Å². The summed E-state index contributed by atoms with van der Waals surface area (Å²) in [6.45, 7) is 5.26. The first kappa shape index (κ1) is 12.5. The summed E-state index contributed by atoms with van der Waals surface area (Å²) in [5.74, 6) is -1.35. The Labute approximate surface area is 94.3 Å². The summed E-state index contributed by atoms with van der Waals surface area (Å²) in [5, 5.41) is 12.1. The number of aliphatic carboxylic acids is 1. The van der Waals surface area contributed by atoms with Crippen LogP contribution in [0.5, 0.6) is 0 Å². The third kappa shape index (κ3) is 2.51. The fourth-order valence-electron chi connectivity index (χ4n) is 1.28. The molecule has 0 radical (unpaired) electrons. The van der Waals surface area contributed by atoms with Gasteiger partial charge in [-0.05, 0) is 37.1 Å². The first-order chi connectivity index (χ1) is 7.36. The first-order valence-electron chi connectivity index (χ1n) is 5.13. The summed E-state index contributed by atoms with van der Waals surface area (Å²) in [6, 6.07) is 5.65. The van der Waals surface area contributed by atoms with E-state index in [4.69, 9.17) is 0 Å². The molecule has 1 aromatic rings. The van der Waals surface area contributed by atoms with Gasteiger partial charge in [0.15, 0.2) is 0 Å². The van der Waals surface area contributed by atoms with Crippen LogP contribution in [-0.2, 0) is 4.79 Å². The highest BCUT2D eigenvalue weighted by Gasteiger charge is 2.36. The molecule has 1 unspecified atom stereocenters. The van der Waals surface area contributed by atoms with Gasteiger partial charge in [-0.2, -0.15) is 0 Å². The van der Waals surface area contributed by atoms with Crippen LogP contribution in [0.3, 0.4) is 0 Å². The number of hydrogen-bond donors (Lipinski definition) is 2. The largest absolute Gasteiger partial charge is 0.480 e. The van der Waals surface area contributed by atoms with Gasteiger partial charge in [0.2, 0.25) is 0 Å². The Morgan fingerprint density at radius 3 is 2.25 bits per heavy atom. The molecule has 0 heterocycles. The molecule has 1 atom stereocenters. The van der Waals surface area contributed by atoms with Crippen LogP contribution < -0.4 is 5.32 Å². The Hall–Kier alpha value is -1.58. The average Bonchev–Trinajstić information content (AvgIpc) is 2.20. The predicted molar refractivity (Wildman–Crippen MR) is 60.9 cm³/mol. The highest BCUT2D eigenvalue weighted by molar-refractivity contribution is 5.82. The Balaban J connectivity index is 2.93. The second kappa shape index (κ2) is 4.51. The second-order valence-electron chi connectivity index (χ2n) is 4.29.